The van der Waals surface area contributed by atoms with E-state index in [2.05, 4.69) is 26.2 Å². The average Bonchev–Trinajstić information content (AvgIpc) is 3.05. The molecule has 0 saturated heterocycles. The van der Waals surface area contributed by atoms with Crippen LogP contribution in [0.5, 0.6) is 0 Å². The first kappa shape index (κ1) is 11.1. The molecule has 1 aliphatic carbocycles. The van der Waals surface area contributed by atoms with Crippen LogP contribution in [0.15, 0.2) is 16.6 Å². The minimum atomic E-state index is -0.321. The van der Waals surface area contributed by atoms with Crippen LogP contribution in [0.25, 0.3) is 11.0 Å². The van der Waals surface area contributed by atoms with Crippen LogP contribution < -0.4 is 0 Å². The first-order chi connectivity index (χ1) is 8.24. The van der Waals surface area contributed by atoms with Gasteiger partial charge in [0.2, 0.25) is 0 Å². The summed E-state index contributed by atoms with van der Waals surface area (Å²) in [4.78, 5) is 0. The highest BCUT2D eigenvalue weighted by Crippen LogP contribution is 2.24. The van der Waals surface area contributed by atoms with E-state index < -0.39 is 0 Å². The van der Waals surface area contributed by atoms with Gasteiger partial charge in [0.15, 0.2) is 0 Å². The standard InChI is InChI=1S/C11H11BrFN3O/c12-8-5-11-10(6-9(8)13)14-15-16(11)3-4-17-7-1-2-7/h5-7H,1-4H2. The Labute approximate surface area is 106 Å². The molecule has 1 aromatic carbocycles. The Morgan fingerprint density at radius 1 is 1.47 bits per heavy atom. The SMILES string of the molecule is Fc1cc2nnn(CCOC3CC3)c2cc1Br. The fourth-order valence-corrected chi connectivity index (χ4v) is 2.00. The number of rotatable bonds is 4. The Morgan fingerprint density at radius 3 is 3.06 bits per heavy atom. The lowest BCUT2D eigenvalue weighted by atomic mass is 10.3. The normalized spacial score (nSPS) is 15.6. The zero-order valence-electron chi connectivity index (χ0n) is 9.07. The van der Waals surface area contributed by atoms with Crippen LogP contribution in [0.1, 0.15) is 12.8 Å². The lowest BCUT2D eigenvalue weighted by Gasteiger charge is -2.03. The van der Waals surface area contributed by atoms with Crippen LogP contribution in [0, 0.1) is 5.82 Å². The van der Waals surface area contributed by atoms with Gasteiger partial charge in [-0.05, 0) is 34.8 Å². The summed E-state index contributed by atoms with van der Waals surface area (Å²) in [5.74, 6) is -0.321. The molecule has 90 valence electrons. The molecule has 0 aliphatic heterocycles. The van der Waals surface area contributed by atoms with Gasteiger partial charge in [0.05, 0.1) is 29.2 Å². The second-order valence-corrected chi connectivity index (χ2v) is 4.99. The van der Waals surface area contributed by atoms with Gasteiger partial charge in [0, 0.05) is 6.07 Å². The first-order valence-electron chi connectivity index (χ1n) is 5.54. The monoisotopic (exact) mass is 299 g/mol. The molecule has 1 aromatic heterocycles. The molecule has 0 spiro atoms. The third-order valence-corrected chi connectivity index (χ3v) is 3.34. The summed E-state index contributed by atoms with van der Waals surface area (Å²) in [6, 6.07) is 3.08. The minimum Gasteiger partial charge on any atom is -0.376 e. The van der Waals surface area contributed by atoms with Gasteiger partial charge in [0.1, 0.15) is 11.3 Å². The molecule has 2 aromatic rings. The molecule has 0 amide bonds. The molecular formula is C11H11BrFN3O. The zero-order valence-corrected chi connectivity index (χ0v) is 10.7. The predicted octanol–water partition coefficient (Wildman–Crippen LogP) is 2.51. The van der Waals surface area contributed by atoms with E-state index in [1.165, 1.54) is 6.07 Å². The Bertz CT molecular complexity index is 553. The molecule has 4 nitrogen and oxygen atoms in total. The third kappa shape index (κ3) is 2.32. The summed E-state index contributed by atoms with van der Waals surface area (Å²) in [6.07, 6.45) is 2.76. The van der Waals surface area contributed by atoms with Gasteiger partial charge in [-0.1, -0.05) is 5.21 Å². The van der Waals surface area contributed by atoms with Crippen molar-refractivity contribution in [2.45, 2.75) is 25.5 Å². The molecule has 3 rings (SSSR count). The van der Waals surface area contributed by atoms with Crippen molar-refractivity contribution in [3.63, 3.8) is 0 Å². The fraction of sp³-hybridized carbons (Fsp3) is 0.455. The van der Waals surface area contributed by atoms with Gasteiger partial charge in [-0.15, -0.1) is 5.10 Å². The molecule has 1 saturated carbocycles. The molecule has 0 atom stereocenters. The molecule has 0 radical (unpaired) electrons. The highest BCUT2D eigenvalue weighted by atomic mass is 79.9. The number of benzene rings is 1. The number of hydrogen-bond acceptors (Lipinski definition) is 3. The summed E-state index contributed by atoms with van der Waals surface area (Å²) < 4.78 is 21.0. The van der Waals surface area contributed by atoms with E-state index in [1.54, 1.807) is 10.7 Å². The Kier molecular flexibility index (Phi) is 2.84. The molecule has 0 unspecified atom stereocenters. The van der Waals surface area contributed by atoms with Gasteiger partial charge in [-0.3, -0.25) is 0 Å². The van der Waals surface area contributed by atoms with Crippen LogP contribution in [0.4, 0.5) is 4.39 Å². The van der Waals surface area contributed by atoms with Crippen molar-refractivity contribution in [1.29, 1.82) is 0 Å². The Balaban J connectivity index is 1.80. The van der Waals surface area contributed by atoms with Crippen LogP contribution >= 0.6 is 15.9 Å². The van der Waals surface area contributed by atoms with Crippen LogP contribution in [-0.4, -0.2) is 27.7 Å². The molecule has 1 aliphatic rings. The summed E-state index contributed by atoms with van der Waals surface area (Å²) in [5.41, 5.74) is 1.38. The summed E-state index contributed by atoms with van der Waals surface area (Å²) in [5, 5.41) is 7.92. The van der Waals surface area contributed by atoms with E-state index in [0.29, 0.717) is 29.2 Å². The van der Waals surface area contributed by atoms with Crippen molar-refractivity contribution < 1.29 is 9.13 Å². The van der Waals surface area contributed by atoms with Crippen molar-refractivity contribution in [2.75, 3.05) is 6.61 Å². The average molecular weight is 300 g/mol. The Morgan fingerprint density at radius 2 is 2.29 bits per heavy atom. The van der Waals surface area contributed by atoms with Crippen LogP contribution in [-0.2, 0) is 11.3 Å². The van der Waals surface area contributed by atoms with Gasteiger partial charge in [-0.25, -0.2) is 9.07 Å². The first-order valence-corrected chi connectivity index (χ1v) is 6.33. The summed E-state index contributed by atoms with van der Waals surface area (Å²) in [6.45, 7) is 1.27. The third-order valence-electron chi connectivity index (χ3n) is 2.74. The molecular weight excluding hydrogens is 289 g/mol. The van der Waals surface area contributed by atoms with Crippen molar-refractivity contribution in [3.8, 4) is 0 Å². The second-order valence-electron chi connectivity index (χ2n) is 4.14. The Hall–Kier alpha value is -1.01. The highest BCUT2D eigenvalue weighted by molar-refractivity contribution is 9.10. The number of aromatic nitrogens is 3. The van der Waals surface area contributed by atoms with Crippen LogP contribution in [0.2, 0.25) is 0 Å². The van der Waals surface area contributed by atoms with E-state index in [4.69, 9.17) is 4.74 Å². The number of ether oxygens (including phenoxy) is 1. The molecule has 6 heteroatoms. The highest BCUT2D eigenvalue weighted by Gasteiger charge is 2.21. The molecule has 0 bridgehead atoms. The smallest absolute Gasteiger partial charge is 0.139 e. The molecule has 0 N–H and O–H groups in total. The maximum atomic E-state index is 13.3. The molecule has 1 fully saturated rings. The number of hydrogen-bond donors (Lipinski definition) is 0. The lowest BCUT2D eigenvalue weighted by Crippen LogP contribution is -2.08. The van der Waals surface area contributed by atoms with Crippen molar-refractivity contribution in [3.05, 3.63) is 22.4 Å². The van der Waals surface area contributed by atoms with Crippen molar-refractivity contribution in [2.24, 2.45) is 0 Å². The number of fused-ring (bicyclic) bond motifs is 1. The summed E-state index contributed by atoms with van der Waals surface area (Å²) in [7, 11) is 0. The van der Waals surface area contributed by atoms with E-state index in [0.717, 1.165) is 18.4 Å². The van der Waals surface area contributed by atoms with Gasteiger partial charge < -0.3 is 4.74 Å². The zero-order chi connectivity index (χ0) is 11.8. The predicted molar refractivity (Wildman–Crippen MR) is 64.2 cm³/mol. The molecule has 1 heterocycles. The summed E-state index contributed by atoms with van der Waals surface area (Å²) >= 11 is 3.16. The van der Waals surface area contributed by atoms with E-state index in [-0.39, 0.29) is 5.82 Å². The maximum Gasteiger partial charge on any atom is 0.139 e. The maximum absolute atomic E-state index is 13.3. The fourth-order valence-electron chi connectivity index (χ4n) is 1.67. The second kappa shape index (κ2) is 4.34. The quantitative estimate of drug-likeness (QED) is 0.871. The minimum absolute atomic E-state index is 0.321. The van der Waals surface area contributed by atoms with Gasteiger partial charge in [-0.2, -0.15) is 0 Å². The molecule has 17 heavy (non-hydrogen) atoms. The van der Waals surface area contributed by atoms with E-state index in [9.17, 15) is 4.39 Å². The number of halogens is 2. The lowest BCUT2D eigenvalue weighted by molar-refractivity contribution is 0.110. The number of nitrogens with zero attached hydrogens (tertiary/aromatic N) is 3. The largest absolute Gasteiger partial charge is 0.376 e. The van der Waals surface area contributed by atoms with Crippen molar-refractivity contribution >= 4 is 27.0 Å². The van der Waals surface area contributed by atoms with Crippen molar-refractivity contribution in [1.82, 2.24) is 15.0 Å². The van der Waals surface area contributed by atoms with E-state index >= 15 is 0 Å². The van der Waals surface area contributed by atoms with E-state index in [1.807, 2.05) is 0 Å². The van der Waals surface area contributed by atoms with Gasteiger partial charge in [0.25, 0.3) is 0 Å². The van der Waals surface area contributed by atoms with Gasteiger partial charge >= 0.3 is 0 Å². The topological polar surface area (TPSA) is 39.9 Å². The van der Waals surface area contributed by atoms with Crippen LogP contribution in [0.3, 0.4) is 0 Å².